The van der Waals surface area contributed by atoms with E-state index in [4.69, 9.17) is 9.05 Å². The van der Waals surface area contributed by atoms with Gasteiger partial charge in [-0.25, -0.2) is 9.65 Å². The summed E-state index contributed by atoms with van der Waals surface area (Å²) in [6.07, 6.45) is 0.907. The van der Waals surface area contributed by atoms with Gasteiger partial charge in [0.2, 0.25) is 0 Å². The van der Waals surface area contributed by atoms with E-state index in [0.717, 1.165) is 6.42 Å². The summed E-state index contributed by atoms with van der Waals surface area (Å²) >= 11 is 0. The third-order valence-corrected chi connectivity index (χ3v) is 2.96. The van der Waals surface area contributed by atoms with Gasteiger partial charge in [-0.1, -0.05) is 6.92 Å². The van der Waals surface area contributed by atoms with Crippen LogP contribution >= 0.6 is 7.75 Å². The summed E-state index contributed by atoms with van der Waals surface area (Å²) in [5.41, 5.74) is 0. The van der Waals surface area contributed by atoms with Gasteiger partial charge in [0, 0.05) is 6.54 Å². The van der Waals surface area contributed by atoms with E-state index in [1.54, 1.807) is 13.8 Å². The fourth-order valence-corrected chi connectivity index (χ4v) is 2.15. The SMILES string of the molecule is CCCNP(=O)(OCC)OCC. The standard InChI is InChI=1S/C7H18NO3P/c1-4-7-8-12(9,10-5-2)11-6-3/h4-7H2,1-3H3,(H,8,9). The van der Waals surface area contributed by atoms with E-state index in [1.807, 2.05) is 6.92 Å². The van der Waals surface area contributed by atoms with Gasteiger partial charge in [0.1, 0.15) is 0 Å². The molecule has 0 aromatic heterocycles. The van der Waals surface area contributed by atoms with Crippen LogP contribution in [0.25, 0.3) is 0 Å². The first kappa shape index (κ1) is 12.1. The first-order chi connectivity index (χ1) is 5.68. The van der Waals surface area contributed by atoms with E-state index in [2.05, 4.69) is 5.09 Å². The minimum absolute atomic E-state index is 0.397. The predicted octanol–water partition coefficient (Wildman–Crippen LogP) is 2.17. The van der Waals surface area contributed by atoms with Gasteiger partial charge >= 0.3 is 7.75 Å². The lowest BCUT2D eigenvalue weighted by Crippen LogP contribution is -2.15. The smallest absolute Gasteiger partial charge is 0.297 e. The van der Waals surface area contributed by atoms with Gasteiger partial charge in [-0.2, -0.15) is 0 Å². The Balaban J connectivity index is 3.90. The van der Waals surface area contributed by atoms with E-state index in [-0.39, 0.29) is 0 Å². The highest BCUT2D eigenvalue weighted by molar-refractivity contribution is 7.51. The first-order valence-corrected chi connectivity index (χ1v) is 5.87. The quantitative estimate of drug-likeness (QED) is 0.632. The Labute approximate surface area is 74.2 Å². The lowest BCUT2D eigenvalue weighted by Gasteiger charge is -2.16. The van der Waals surface area contributed by atoms with Gasteiger partial charge in [0.25, 0.3) is 0 Å². The molecule has 0 heterocycles. The highest BCUT2D eigenvalue weighted by Crippen LogP contribution is 2.42. The molecule has 0 aliphatic rings. The van der Waals surface area contributed by atoms with E-state index in [0.29, 0.717) is 19.8 Å². The Kier molecular flexibility index (Phi) is 6.67. The van der Waals surface area contributed by atoms with Gasteiger partial charge in [0.15, 0.2) is 0 Å². The Hall–Kier alpha value is 0.110. The summed E-state index contributed by atoms with van der Waals surface area (Å²) in [5, 5.41) is 2.76. The van der Waals surface area contributed by atoms with E-state index in [1.165, 1.54) is 0 Å². The van der Waals surface area contributed by atoms with Gasteiger partial charge < -0.3 is 0 Å². The highest BCUT2D eigenvalue weighted by atomic mass is 31.2. The molecule has 12 heavy (non-hydrogen) atoms. The molecule has 0 radical (unpaired) electrons. The maximum absolute atomic E-state index is 11.6. The molecular formula is C7H18NO3P. The number of hydrogen-bond donors (Lipinski definition) is 1. The normalized spacial score (nSPS) is 11.9. The minimum Gasteiger partial charge on any atom is -0.297 e. The molecule has 0 aliphatic carbocycles. The average molecular weight is 195 g/mol. The zero-order chi connectivity index (χ0) is 9.45. The van der Waals surface area contributed by atoms with E-state index < -0.39 is 7.75 Å². The van der Waals surface area contributed by atoms with Crippen LogP contribution in [-0.4, -0.2) is 19.8 Å². The molecule has 0 fully saturated rings. The van der Waals surface area contributed by atoms with Crippen molar-refractivity contribution in [2.75, 3.05) is 19.8 Å². The highest BCUT2D eigenvalue weighted by Gasteiger charge is 2.21. The minimum atomic E-state index is -2.99. The molecule has 0 atom stereocenters. The van der Waals surface area contributed by atoms with Gasteiger partial charge in [-0.05, 0) is 20.3 Å². The number of hydrogen-bond acceptors (Lipinski definition) is 3. The van der Waals surface area contributed by atoms with Crippen molar-refractivity contribution in [1.82, 2.24) is 5.09 Å². The zero-order valence-corrected chi connectivity index (χ0v) is 8.89. The fourth-order valence-electron chi connectivity index (χ4n) is 0.717. The second-order valence-corrected chi connectivity index (χ2v) is 4.07. The van der Waals surface area contributed by atoms with Crippen LogP contribution in [0.5, 0.6) is 0 Å². The van der Waals surface area contributed by atoms with Crippen LogP contribution in [0.2, 0.25) is 0 Å². The molecule has 74 valence electrons. The summed E-state index contributed by atoms with van der Waals surface area (Å²) in [7, 11) is -2.99. The van der Waals surface area contributed by atoms with Crippen LogP contribution in [0.4, 0.5) is 0 Å². The summed E-state index contributed by atoms with van der Waals surface area (Å²) in [5.74, 6) is 0. The molecule has 0 aromatic carbocycles. The van der Waals surface area contributed by atoms with Crippen molar-refractivity contribution in [2.45, 2.75) is 27.2 Å². The predicted molar refractivity (Wildman–Crippen MR) is 49.2 cm³/mol. The second kappa shape index (κ2) is 6.61. The Morgan fingerprint density at radius 2 is 1.67 bits per heavy atom. The van der Waals surface area contributed by atoms with Gasteiger partial charge in [0.05, 0.1) is 13.2 Å². The van der Waals surface area contributed by atoms with Crippen LogP contribution in [0.1, 0.15) is 27.2 Å². The van der Waals surface area contributed by atoms with Crippen molar-refractivity contribution < 1.29 is 13.6 Å². The monoisotopic (exact) mass is 195 g/mol. The molecule has 0 saturated carbocycles. The van der Waals surface area contributed by atoms with E-state index >= 15 is 0 Å². The van der Waals surface area contributed by atoms with Crippen molar-refractivity contribution in [3.05, 3.63) is 0 Å². The Morgan fingerprint density at radius 3 is 2.00 bits per heavy atom. The molecular weight excluding hydrogens is 177 g/mol. The fraction of sp³-hybridized carbons (Fsp3) is 1.00. The van der Waals surface area contributed by atoms with Crippen molar-refractivity contribution in [3.63, 3.8) is 0 Å². The largest absolute Gasteiger partial charge is 0.405 e. The number of rotatable bonds is 7. The Bertz CT molecular complexity index is 142. The maximum atomic E-state index is 11.6. The van der Waals surface area contributed by atoms with Crippen molar-refractivity contribution in [2.24, 2.45) is 0 Å². The molecule has 4 nitrogen and oxygen atoms in total. The number of nitrogens with one attached hydrogen (secondary N) is 1. The molecule has 0 saturated heterocycles. The van der Waals surface area contributed by atoms with Crippen LogP contribution in [0, 0.1) is 0 Å². The van der Waals surface area contributed by atoms with Crippen LogP contribution in [0.15, 0.2) is 0 Å². The van der Waals surface area contributed by atoms with Crippen molar-refractivity contribution in [3.8, 4) is 0 Å². The molecule has 0 rings (SSSR count). The third-order valence-electron chi connectivity index (χ3n) is 1.15. The molecule has 1 N–H and O–H groups in total. The molecule has 0 aliphatic heterocycles. The lowest BCUT2D eigenvalue weighted by atomic mass is 10.5. The Morgan fingerprint density at radius 1 is 1.17 bits per heavy atom. The van der Waals surface area contributed by atoms with Crippen LogP contribution in [-0.2, 0) is 13.6 Å². The molecule has 0 unspecified atom stereocenters. The molecule has 5 heteroatoms. The summed E-state index contributed by atoms with van der Waals surface area (Å²) in [4.78, 5) is 0. The van der Waals surface area contributed by atoms with E-state index in [9.17, 15) is 4.57 Å². The summed E-state index contributed by atoms with van der Waals surface area (Å²) < 4.78 is 21.6. The van der Waals surface area contributed by atoms with Gasteiger partial charge in [-0.15, -0.1) is 0 Å². The second-order valence-electron chi connectivity index (χ2n) is 2.24. The zero-order valence-electron chi connectivity index (χ0n) is 8.00. The van der Waals surface area contributed by atoms with Crippen LogP contribution < -0.4 is 5.09 Å². The summed E-state index contributed by atoms with van der Waals surface area (Å²) in [6, 6.07) is 0. The average Bonchev–Trinajstić information content (AvgIpc) is 2.02. The molecule has 0 spiro atoms. The van der Waals surface area contributed by atoms with Crippen molar-refractivity contribution in [1.29, 1.82) is 0 Å². The van der Waals surface area contributed by atoms with Crippen LogP contribution in [0.3, 0.4) is 0 Å². The maximum Gasteiger partial charge on any atom is 0.405 e. The van der Waals surface area contributed by atoms with Gasteiger partial charge in [-0.3, -0.25) is 9.05 Å². The first-order valence-electron chi connectivity index (χ1n) is 4.32. The summed E-state index contributed by atoms with van der Waals surface area (Å²) in [6.45, 7) is 7.02. The topological polar surface area (TPSA) is 47.6 Å². The molecule has 0 amide bonds. The molecule has 0 aromatic rings. The third kappa shape index (κ3) is 4.88. The van der Waals surface area contributed by atoms with Crippen molar-refractivity contribution >= 4 is 7.75 Å². The molecule has 0 bridgehead atoms. The lowest BCUT2D eigenvalue weighted by molar-refractivity contribution is 0.211.